The van der Waals surface area contributed by atoms with Crippen LogP contribution in [0.1, 0.15) is 122 Å². The Morgan fingerprint density at radius 3 is 1.68 bits per heavy atom. The highest BCUT2D eigenvalue weighted by molar-refractivity contribution is 6.12. The summed E-state index contributed by atoms with van der Waals surface area (Å²) < 4.78 is 0. The van der Waals surface area contributed by atoms with Crippen molar-refractivity contribution in [2.75, 3.05) is 13.1 Å². The van der Waals surface area contributed by atoms with Gasteiger partial charge in [-0.1, -0.05) is 96.8 Å². The molecule has 9 heteroatoms. The number of carboxylic acids is 1. The first-order valence-electron chi connectivity index (χ1n) is 14.7. The molecule has 1 atom stereocenters. The van der Waals surface area contributed by atoms with E-state index in [0.717, 1.165) is 24.2 Å². The van der Waals surface area contributed by atoms with Gasteiger partial charge in [-0.25, -0.2) is 4.79 Å². The zero-order valence-corrected chi connectivity index (χ0v) is 23.3. The average molecular weight is 536 g/mol. The first-order chi connectivity index (χ1) is 18.3. The van der Waals surface area contributed by atoms with Gasteiger partial charge in [0.2, 0.25) is 11.8 Å². The number of carbonyl (C=O) groups excluding carboxylic acids is 4. The first-order valence-corrected chi connectivity index (χ1v) is 14.7. The number of rotatable bonds is 24. The number of aliphatic carboxylic acids is 1. The minimum Gasteiger partial charge on any atom is -0.480 e. The Labute approximate surface area is 228 Å². The van der Waals surface area contributed by atoms with Gasteiger partial charge in [-0.15, -0.1) is 0 Å². The summed E-state index contributed by atoms with van der Waals surface area (Å²) in [6.07, 6.45) is 21.1. The van der Waals surface area contributed by atoms with E-state index in [1.54, 1.807) is 0 Å². The van der Waals surface area contributed by atoms with Crippen molar-refractivity contribution < 1.29 is 29.1 Å². The van der Waals surface area contributed by atoms with Crippen LogP contribution in [0.3, 0.4) is 0 Å². The number of unbranched alkanes of at least 4 members (excludes halogenated alkanes) is 14. The van der Waals surface area contributed by atoms with Crippen LogP contribution in [0.2, 0.25) is 0 Å². The summed E-state index contributed by atoms with van der Waals surface area (Å²) in [7, 11) is 0. The van der Waals surface area contributed by atoms with Crippen molar-refractivity contribution >= 4 is 29.6 Å². The fourth-order valence-electron chi connectivity index (χ4n) is 4.50. The van der Waals surface area contributed by atoms with Gasteiger partial charge in [-0.3, -0.25) is 24.1 Å². The maximum absolute atomic E-state index is 12.2. The Kier molecular flexibility index (Phi) is 18.6. The Bertz CT molecular complexity index is 749. The van der Waals surface area contributed by atoms with Crippen molar-refractivity contribution in [3.8, 4) is 0 Å². The van der Waals surface area contributed by atoms with Crippen LogP contribution in [-0.4, -0.2) is 58.7 Å². The van der Waals surface area contributed by atoms with E-state index in [0.29, 0.717) is 0 Å². The Hall–Kier alpha value is -2.71. The third kappa shape index (κ3) is 16.2. The van der Waals surface area contributed by atoms with E-state index in [1.807, 2.05) is 0 Å². The molecule has 1 aliphatic heterocycles. The number of hydrogen-bond donors (Lipinski definition) is 3. The number of carboxylic acid groups (broad SMARTS) is 1. The predicted molar refractivity (Wildman–Crippen MR) is 147 cm³/mol. The minimum atomic E-state index is -1.18. The highest BCUT2D eigenvalue weighted by Crippen LogP contribution is 2.14. The molecule has 1 aliphatic rings. The third-order valence-corrected chi connectivity index (χ3v) is 6.86. The van der Waals surface area contributed by atoms with E-state index in [9.17, 15) is 29.1 Å². The van der Waals surface area contributed by atoms with Crippen molar-refractivity contribution in [3.63, 3.8) is 0 Å². The average Bonchev–Trinajstić information content (AvgIpc) is 3.20. The smallest absolute Gasteiger partial charge is 0.326 e. The molecule has 0 saturated heterocycles. The second-order valence-corrected chi connectivity index (χ2v) is 10.2. The normalized spacial score (nSPS) is 13.7. The molecule has 0 aliphatic carbocycles. The maximum Gasteiger partial charge on any atom is 0.326 e. The molecule has 1 rings (SSSR count). The molecule has 0 fully saturated rings. The van der Waals surface area contributed by atoms with Crippen LogP contribution >= 0.6 is 0 Å². The van der Waals surface area contributed by atoms with E-state index in [-0.39, 0.29) is 38.3 Å². The highest BCUT2D eigenvalue weighted by Gasteiger charge is 2.23. The van der Waals surface area contributed by atoms with E-state index in [1.165, 1.54) is 89.2 Å². The molecule has 0 aromatic rings. The summed E-state index contributed by atoms with van der Waals surface area (Å²) in [4.78, 5) is 59.6. The first kappa shape index (κ1) is 33.3. The van der Waals surface area contributed by atoms with Crippen LogP contribution in [0, 0.1) is 0 Å². The van der Waals surface area contributed by atoms with Crippen molar-refractivity contribution in [1.29, 1.82) is 0 Å². The van der Waals surface area contributed by atoms with E-state index >= 15 is 0 Å². The molecule has 38 heavy (non-hydrogen) atoms. The van der Waals surface area contributed by atoms with Gasteiger partial charge < -0.3 is 15.7 Å². The van der Waals surface area contributed by atoms with Crippen LogP contribution in [0.4, 0.5) is 0 Å². The van der Waals surface area contributed by atoms with Gasteiger partial charge in [0.05, 0.1) is 0 Å². The molecule has 0 saturated carbocycles. The lowest BCUT2D eigenvalue weighted by Gasteiger charge is -2.16. The number of nitrogens with zero attached hydrogens (tertiary/aromatic N) is 1. The van der Waals surface area contributed by atoms with Crippen LogP contribution in [0.5, 0.6) is 0 Å². The van der Waals surface area contributed by atoms with Crippen LogP contribution in [-0.2, 0) is 24.0 Å². The molecule has 0 radical (unpaired) electrons. The summed E-state index contributed by atoms with van der Waals surface area (Å²) >= 11 is 0. The second kappa shape index (κ2) is 21.2. The van der Waals surface area contributed by atoms with E-state index in [4.69, 9.17) is 0 Å². The van der Waals surface area contributed by atoms with Gasteiger partial charge in [0.1, 0.15) is 6.04 Å². The number of carbonyl (C=O) groups is 5. The third-order valence-electron chi connectivity index (χ3n) is 6.86. The second-order valence-electron chi connectivity index (χ2n) is 10.2. The number of imide groups is 1. The Balaban J connectivity index is 2.01. The topological polar surface area (TPSA) is 133 Å². The predicted octanol–water partition coefficient (Wildman–Crippen LogP) is 4.64. The molecule has 4 amide bonds. The molecule has 1 unspecified atom stereocenters. The van der Waals surface area contributed by atoms with Crippen molar-refractivity contribution in [2.45, 2.75) is 129 Å². The van der Waals surface area contributed by atoms with Crippen LogP contribution in [0.15, 0.2) is 12.2 Å². The van der Waals surface area contributed by atoms with Gasteiger partial charge in [0, 0.05) is 38.1 Å². The molecule has 216 valence electrons. The number of hydrogen-bond acceptors (Lipinski definition) is 5. The summed E-state index contributed by atoms with van der Waals surface area (Å²) in [6, 6.07) is -1.13. The lowest BCUT2D eigenvalue weighted by atomic mass is 10.0. The van der Waals surface area contributed by atoms with Crippen LogP contribution < -0.4 is 10.6 Å². The fourth-order valence-corrected chi connectivity index (χ4v) is 4.50. The van der Waals surface area contributed by atoms with Gasteiger partial charge >= 0.3 is 5.97 Å². The highest BCUT2D eigenvalue weighted by atomic mass is 16.4. The molecule has 3 N–H and O–H groups in total. The van der Waals surface area contributed by atoms with E-state index in [2.05, 4.69) is 17.6 Å². The monoisotopic (exact) mass is 535 g/mol. The molecule has 0 spiro atoms. The zero-order valence-electron chi connectivity index (χ0n) is 23.3. The quantitative estimate of drug-likeness (QED) is 0.122. The summed E-state index contributed by atoms with van der Waals surface area (Å²) in [5.74, 6) is -2.74. The van der Waals surface area contributed by atoms with Gasteiger partial charge in [-0.05, 0) is 12.8 Å². The number of nitrogens with one attached hydrogen (secondary N) is 2. The van der Waals surface area contributed by atoms with E-state index < -0.39 is 29.7 Å². The largest absolute Gasteiger partial charge is 0.480 e. The molecular formula is C29H49N3O6. The molecule has 0 aromatic carbocycles. The van der Waals surface area contributed by atoms with Crippen molar-refractivity contribution in [1.82, 2.24) is 15.5 Å². The summed E-state index contributed by atoms with van der Waals surface area (Å²) in [5, 5.41) is 14.5. The Morgan fingerprint density at radius 2 is 1.21 bits per heavy atom. The standard InChI is InChI=1S/C29H49N3O6/c1-2-3-4-5-6-7-8-9-10-11-12-13-14-15-16-17-26(34)31-24(29(37)38)18-19-25(33)30-22-23-32-27(35)20-21-28(32)36/h20-21,24H,2-19,22-23H2,1H3,(H,30,33)(H,31,34)(H,37,38). The molecule has 9 nitrogen and oxygen atoms in total. The summed E-state index contributed by atoms with van der Waals surface area (Å²) in [6.45, 7) is 2.38. The SMILES string of the molecule is CCCCCCCCCCCCCCCCCC(=O)NC(CCC(=O)NCCN1C(=O)C=CC1=O)C(=O)O. The maximum atomic E-state index is 12.2. The fraction of sp³-hybridized carbons (Fsp3) is 0.759. The number of amides is 4. The molecule has 0 aromatic heterocycles. The van der Waals surface area contributed by atoms with Gasteiger partial charge in [0.15, 0.2) is 0 Å². The minimum absolute atomic E-state index is 0.0328. The van der Waals surface area contributed by atoms with Gasteiger partial charge in [-0.2, -0.15) is 0 Å². The molecule has 1 heterocycles. The van der Waals surface area contributed by atoms with Gasteiger partial charge in [0.25, 0.3) is 11.8 Å². The molecule has 0 bridgehead atoms. The summed E-state index contributed by atoms with van der Waals surface area (Å²) in [5.41, 5.74) is 0. The zero-order chi connectivity index (χ0) is 28.0. The van der Waals surface area contributed by atoms with Crippen molar-refractivity contribution in [2.24, 2.45) is 0 Å². The Morgan fingerprint density at radius 1 is 0.737 bits per heavy atom. The molecular weight excluding hydrogens is 486 g/mol. The lowest BCUT2D eigenvalue weighted by Crippen LogP contribution is -2.42. The van der Waals surface area contributed by atoms with Crippen molar-refractivity contribution in [3.05, 3.63) is 12.2 Å². The lowest BCUT2D eigenvalue weighted by molar-refractivity contribution is -0.142. The van der Waals surface area contributed by atoms with Crippen LogP contribution in [0.25, 0.3) is 0 Å².